The Balaban J connectivity index is 1.71. The van der Waals surface area contributed by atoms with Crippen LogP contribution in [0.2, 0.25) is 0 Å². The molecule has 0 aliphatic rings. The van der Waals surface area contributed by atoms with Gasteiger partial charge in [0, 0.05) is 11.2 Å². The van der Waals surface area contributed by atoms with E-state index in [1.54, 1.807) is 30.3 Å². The van der Waals surface area contributed by atoms with Gasteiger partial charge in [0.15, 0.2) is 11.8 Å². The number of benzene rings is 1. The summed E-state index contributed by atoms with van der Waals surface area (Å²) in [5, 5.41) is 15.2. The Morgan fingerprint density at radius 3 is 2.54 bits per heavy atom. The molecule has 0 aliphatic heterocycles. The minimum absolute atomic E-state index is 0.249. The summed E-state index contributed by atoms with van der Waals surface area (Å²) in [6, 6.07) is 13.2. The third-order valence-electron chi connectivity index (χ3n) is 5.06. The van der Waals surface area contributed by atoms with Gasteiger partial charge in [0.2, 0.25) is 5.82 Å². The van der Waals surface area contributed by atoms with Crippen molar-refractivity contribution in [3.63, 3.8) is 0 Å². The van der Waals surface area contributed by atoms with Gasteiger partial charge in [-0.25, -0.2) is 0 Å². The SMILES string of the molecule is Cc1cccc(N(C(=O)Cn2nnc(-c3ccc(C)o3)n2)[C@H](C(=O)NC(C)(C)C)c2ccco2)c1. The van der Waals surface area contributed by atoms with Crippen molar-refractivity contribution in [1.82, 2.24) is 25.5 Å². The van der Waals surface area contributed by atoms with Crippen LogP contribution in [0.25, 0.3) is 11.6 Å². The summed E-state index contributed by atoms with van der Waals surface area (Å²) in [5.74, 6) is 0.973. The summed E-state index contributed by atoms with van der Waals surface area (Å²) < 4.78 is 11.2. The van der Waals surface area contributed by atoms with E-state index in [0.29, 0.717) is 23.0 Å². The monoisotopic (exact) mass is 476 g/mol. The number of furan rings is 2. The van der Waals surface area contributed by atoms with Gasteiger partial charge in [0.1, 0.15) is 18.1 Å². The fourth-order valence-electron chi connectivity index (χ4n) is 3.63. The number of nitrogens with zero attached hydrogens (tertiary/aromatic N) is 5. The molecule has 1 atom stereocenters. The largest absolute Gasteiger partial charge is 0.467 e. The summed E-state index contributed by atoms with van der Waals surface area (Å²) in [5.41, 5.74) is 0.957. The highest BCUT2D eigenvalue weighted by Crippen LogP contribution is 2.30. The molecule has 4 rings (SSSR count). The molecule has 0 saturated heterocycles. The summed E-state index contributed by atoms with van der Waals surface area (Å²) in [6.07, 6.45) is 1.47. The number of hydrogen-bond donors (Lipinski definition) is 1. The lowest BCUT2D eigenvalue weighted by Crippen LogP contribution is -2.50. The number of anilines is 1. The number of carbonyl (C=O) groups is 2. The Bertz CT molecular complexity index is 1320. The van der Waals surface area contributed by atoms with Gasteiger partial charge in [-0.3, -0.25) is 14.5 Å². The van der Waals surface area contributed by atoms with E-state index in [-0.39, 0.29) is 18.3 Å². The van der Waals surface area contributed by atoms with Gasteiger partial charge in [-0.15, -0.1) is 10.2 Å². The summed E-state index contributed by atoms with van der Waals surface area (Å²) in [7, 11) is 0. The number of nitrogens with one attached hydrogen (secondary N) is 1. The first-order valence-electron chi connectivity index (χ1n) is 11.2. The number of tetrazole rings is 1. The van der Waals surface area contributed by atoms with Crippen LogP contribution in [0.5, 0.6) is 0 Å². The lowest BCUT2D eigenvalue weighted by Gasteiger charge is -2.32. The van der Waals surface area contributed by atoms with Crippen LogP contribution in [0.3, 0.4) is 0 Å². The highest BCUT2D eigenvalue weighted by Gasteiger charge is 2.36. The molecule has 0 fully saturated rings. The maximum absolute atomic E-state index is 13.7. The van der Waals surface area contributed by atoms with Crippen LogP contribution in [-0.4, -0.2) is 37.6 Å². The van der Waals surface area contributed by atoms with Crippen LogP contribution in [0.15, 0.2) is 63.6 Å². The van der Waals surface area contributed by atoms with Crippen molar-refractivity contribution in [3.05, 3.63) is 71.9 Å². The third kappa shape index (κ3) is 5.65. The molecule has 0 aliphatic carbocycles. The zero-order valence-corrected chi connectivity index (χ0v) is 20.3. The van der Waals surface area contributed by atoms with Crippen molar-refractivity contribution < 1.29 is 18.4 Å². The Kier molecular flexibility index (Phi) is 6.54. The first-order valence-corrected chi connectivity index (χ1v) is 11.2. The molecule has 1 N–H and O–H groups in total. The molecule has 0 unspecified atom stereocenters. The summed E-state index contributed by atoms with van der Waals surface area (Å²) >= 11 is 0. The standard InChI is InChI=1S/C25H28N6O4/c1-16-8-6-9-18(14-16)31(22(19-10-7-13-34-19)24(33)26-25(3,4)5)21(32)15-30-28-23(27-29-30)20-12-11-17(2)35-20/h6-14,22H,15H2,1-5H3,(H,26,33)/t22-/m0/s1. The van der Waals surface area contributed by atoms with Gasteiger partial charge in [-0.2, -0.15) is 4.80 Å². The molecule has 3 heterocycles. The smallest absolute Gasteiger partial charge is 0.251 e. The number of rotatable bonds is 7. The fourth-order valence-corrected chi connectivity index (χ4v) is 3.63. The Labute approximate surface area is 202 Å². The molecule has 10 nitrogen and oxygen atoms in total. The van der Waals surface area contributed by atoms with Crippen molar-refractivity contribution in [2.24, 2.45) is 0 Å². The van der Waals surface area contributed by atoms with Crippen molar-refractivity contribution in [3.8, 4) is 11.6 Å². The average Bonchev–Trinajstić information content (AvgIpc) is 3.52. The van der Waals surface area contributed by atoms with E-state index in [0.717, 1.165) is 5.56 Å². The van der Waals surface area contributed by atoms with E-state index in [1.165, 1.54) is 16.0 Å². The first kappa shape index (κ1) is 23.9. The Hall–Kier alpha value is -4.21. The molecular formula is C25H28N6O4. The average molecular weight is 477 g/mol. The van der Waals surface area contributed by atoms with Crippen LogP contribution in [-0.2, 0) is 16.1 Å². The Morgan fingerprint density at radius 2 is 1.91 bits per heavy atom. The third-order valence-corrected chi connectivity index (χ3v) is 5.06. The highest BCUT2D eigenvalue weighted by molar-refractivity contribution is 6.01. The second-order valence-corrected chi connectivity index (χ2v) is 9.31. The van der Waals surface area contributed by atoms with E-state index >= 15 is 0 Å². The zero-order chi connectivity index (χ0) is 25.2. The van der Waals surface area contributed by atoms with Crippen molar-refractivity contribution in [1.29, 1.82) is 0 Å². The van der Waals surface area contributed by atoms with E-state index in [4.69, 9.17) is 8.83 Å². The number of aromatic nitrogens is 4. The Morgan fingerprint density at radius 1 is 1.11 bits per heavy atom. The van der Waals surface area contributed by atoms with Gasteiger partial charge < -0.3 is 14.2 Å². The normalized spacial score (nSPS) is 12.4. The highest BCUT2D eigenvalue weighted by atomic mass is 16.3. The molecular weight excluding hydrogens is 448 g/mol. The van der Waals surface area contributed by atoms with Crippen molar-refractivity contribution >= 4 is 17.5 Å². The van der Waals surface area contributed by atoms with E-state index in [2.05, 4.69) is 20.7 Å². The zero-order valence-electron chi connectivity index (χ0n) is 20.3. The van der Waals surface area contributed by atoms with Crippen molar-refractivity contribution in [2.45, 2.75) is 52.7 Å². The molecule has 2 amide bonds. The topological polar surface area (TPSA) is 119 Å². The molecule has 35 heavy (non-hydrogen) atoms. The minimum Gasteiger partial charge on any atom is -0.467 e. The molecule has 182 valence electrons. The number of hydrogen-bond acceptors (Lipinski definition) is 7. The van der Waals surface area contributed by atoms with E-state index in [9.17, 15) is 9.59 Å². The first-order chi connectivity index (χ1) is 16.6. The van der Waals surface area contributed by atoms with Gasteiger partial charge in [-0.05, 0) is 81.8 Å². The van der Waals surface area contributed by atoms with E-state index in [1.807, 2.05) is 52.8 Å². The fraction of sp³-hybridized carbons (Fsp3) is 0.320. The summed E-state index contributed by atoms with van der Waals surface area (Å²) in [4.78, 5) is 29.8. The van der Waals surface area contributed by atoms with Gasteiger partial charge in [0.05, 0.1) is 6.26 Å². The predicted octanol–water partition coefficient (Wildman–Crippen LogP) is 3.83. The van der Waals surface area contributed by atoms with Crippen LogP contribution < -0.4 is 10.2 Å². The maximum Gasteiger partial charge on any atom is 0.251 e. The maximum atomic E-state index is 13.7. The number of aryl methyl sites for hydroxylation is 2. The predicted molar refractivity (Wildman–Crippen MR) is 128 cm³/mol. The molecule has 0 spiro atoms. The molecule has 1 aromatic carbocycles. The molecule has 4 aromatic rings. The van der Waals surface area contributed by atoms with E-state index < -0.39 is 17.5 Å². The van der Waals surface area contributed by atoms with Crippen LogP contribution in [0, 0.1) is 13.8 Å². The molecule has 10 heteroatoms. The molecule has 0 bridgehead atoms. The lowest BCUT2D eigenvalue weighted by atomic mass is 10.1. The number of carbonyl (C=O) groups excluding carboxylic acids is 2. The minimum atomic E-state index is -1.05. The quantitative estimate of drug-likeness (QED) is 0.430. The molecule has 0 radical (unpaired) electrons. The van der Waals surface area contributed by atoms with Crippen molar-refractivity contribution in [2.75, 3.05) is 4.90 Å². The van der Waals surface area contributed by atoms with Gasteiger partial charge in [-0.1, -0.05) is 12.1 Å². The van der Waals surface area contributed by atoms with Crippen LogP contribution in [0.4, 0.5) is 5.69 Å². The second kappa shape index (κ2) is 9.57. The molecule has 3 aromatic heterocycles. The number of amides is 2. The summed E-state index contributed by atoms with van der Waals surface area (Å²) in [6.45, 7) is 9.11. The van der Waals surface area contributed by atoms with Crippen LogP contribution >= 0.6 is 0 Å². The molecule has 0 saturated carbocycles. The van der Waals surface area contributed by atoms with Gasteiger partial charge >= 0.3 is 0 Å². The lowest BCUT2D eigenvalue weighted by molar-refractivity contribution is -0.128. The van der Waals surface area contributed by atoms with Crippen LogP contribution in [0.1, 0.15) is 43.9 Å². The van der Waals surface area contributed by atoms with Gasteiger partial charge in [0.25, 0.3) is 11.8 Å². The second-order valence-electron chi connectivity index (χ2n) is 9.31.